The molecule has 0 saturated carbocycles. The van der Waals surface area contributed by atoms with Crippen LogP contribution in [0.2, 0.25) is 0 Å². The fourth-order valence-electron chi connectivity index (χ4n) is 6.01. The van der Waals surface area contributed by atoms with Crippen LogP contribution in [0.15, 0.2) is 72.0 Å². The van der Waals surface area contributed by atoms with Crippen molar-refractivity contribution in [1.29, 1.82) is 10.8 Å². The lowest BCUT2D eigenvalue weighted by Gasteiger charge is -2.29. The molecule has 12 heteroatoms. The first-order chi connectivity index (χ1) is 22.7. The Kier molecular flexibility index (Phi) is 10.5. The van der Waals surface area contributed by atoms with Gasteiger partial charge in [0.15, 0.2) is 11.7 Å². The van der Waals surface area contributed by atoms with Gasteiger partial charge in [-0.25, -0.2) is 9.38 Å². The summed E-state index contributed by atoms with van der Waals surface area (Å²) in [5.41, 5.74) is 10.4. The Morgan fingerprint density at radius 1 is 1.15 bits per heavy atom. The molecule has 1 saturated heterocycles. The van der Waals surface area contributed by atoms with Crippen molar-refractivity contribution in [3.05, 3.63) is 95.1 Å². The summed E-state index contributed by atoms with van der Waals surface area (Å²) in [6, 6.07) is 14.2. The summed E-state index contributed by atoms with van der Waals surface area (Å²) in [4.78, 5) is 40.3. The highest BCUT2D eigenvalue weighted by atomic mass is 19.1. The van der Waals surface area contributed by atoms with Gasteiger partial charge >= 0.3 is 0 Å². The maximum atomic E-state index is 14.4. The van der Waals surface area contributed by atoms with Crippen molar-refractivity contribution in [2.24, 2.45) is 10.9 Å². The Balaban J connectivity index is 1.17. The number of aromatic nitrogens is 1. The van der Waals surface area contributed by atoms with Crippen LogP contribution in [-0.2, 0) is 9.59 Å². The predicted molar refractivity (Wildman–Crippen MR) is 184 cm³/mol. The van der Waals surface area contributed by atoms with E-state index in [9.17, 15) is 14.0 Å². The minimum atomic E-state index is -0.618. The molecule has 244 valence electrons. The van der Waals surface area contributed by atoms with Crippen molar-refractivity contribution in [3.63, 3.8) is 0 Å². The fraction of sp³-hybridized carbons (Fsp3) is 0.314. The van der Waals surface area contributed by atoms with E-state index in [4.69, 9.17) is 16.6 Å². The maximum absolute atomic E-state index is 14.4. The van der Waals surface area contributed by atoms with Gasteiger partial charge in [0, 0.05) is 67.5 Å². The van der Waals surface area contributed by atoms with Gasteiger partial charge in [-0.2, -0.15) is 0 Å². The molecule has 0 unspecified atom stereocenters. The van der Waals surface area contributed by atoms with Gasteiger partial charge in [-0.15, -0.1) is 0 Å². The summed E-state index contributed by atoms with van der Waals surface area (Å²) >= 11 is 0. The summed E-state index contributed by atoms with van der Waals surface area (Å²) in [5.74, 6) is -0.726. The summed E-state index contributed by atoms with van der Waals surface area (Å²) in [6.45, 7) is 4.82. The van der Waals surface area contributed by atoms with Crippen LogP contribution in [0.3, 0.4) is 0 Å². The monoisotopic (exact) mass is 637 g/mol. The number of carbonyl (C=O) groups excluding carboxylic acids is 2. The van der Waals surface area contributed by atoms with E-state index in [0.717, 1.165) is 23.7 Å². The van der Waals surface area contributed by atoms with Crippen LogP contribution in [0.25, 0.3) is 5.57 Å². The first kappa shape index (κ1) is 33.1. The lowest BCUT2D eigenvalue weighted by atomic mass is 9.98. The minimum Gasteiger partial charge on any atom is -0.398 e. The van der Waals surface area contributed by atoms with Crippen LogP contribution in [0, 0.1) is 22.6 Å². The molecule has 3 heterocycles. The maximum Gasteiger partial charge on any atom is 0.237 e. The zero-order valence-electron chi connectivity index (χ0n) is 26.7. The largest absolute Gasteiger partial charge is 0.398 e. The summed E-state index contributed by atoms with van der Waals surface area (Å²) in [7, 11) is 1.73. The highest BCUT2D eigenvalue weighted by molar-refractivity contribution is 6.14. The number of rotatable bonds is 10. The number of nitrogens with two attached hydrogens (primary N) is 1. The molecule has 0 spiro atoms. The Morgan fingerprint density at radius 3 is 2.62 bits per heavy atom. The zero-order valence-corrected chi connectivity index (χ0v) is 26.7. The lowest BCUT2D eigenvalue weighted by molar-refractivity contribution is -0.132. The molecular formula is C35H40FN9O2. The molecule has 1 aromatic heterocycles. The number of nitrogens with zero attached hydrogens (tertiary/aromatic N) is 5. The van der Waals surface area contributed by atoms with Crippen LogP contribution < -0.4 is 16.0 Å². The Labute approximate surface area is 274 Å². The predicted octanol–water partition coefficient (Wildman–Crippen LogP) is 3.78. The number of nitrogen functional groups attached to an aromatic ring is 1. The molecule has 3 aromatic rings. The summed E-state index contributed by atoms with van der Waals surface area (Å²) < 4.78 is 14.4. The first-order valence-electron chi connectivity index (χ1n) is 15.7. The number of amides is 2. The number of anilines is 2. The van der Waals surface area contributed by atoms with Crippen LogP contribution in [-0.4, -0.2) is 90.8 Å². The molecule has 2 amide bonds. The third-order valence-corrected chi connectivity index (χ3v) is 8.64. The molecule has 2 aliphatic rings. The van der Waals surface area contributed by atoms with Crippen LogP contribution in [0.1, 0.15) is 42.0 Å². The molecule has 5 rings (SSSR count). The molecule has 0 aliphatic carbocycles. The number of carbonyl (C=O) groups is 2. The number of benzene rings is 2. The van der Waals surface area contributed by atoms with Crippen LogP contribution >= 0.6 is 0 Å². The third kappa shape index (κ3) is 7.60. The smallest absolute Gasteiger partial charge is 0.237 e. The second-order valence-corrected chi connectivity index (χ2v) is 11.6. The van der Waals surface area contributed by atoms with Crippen molar-refractivity contribution in [1.82, 2.24) is 20.1 Å². The van der Waals surface area contributed by atoms with E-state index in [-0.39, 0.29) is 41.4 Å². The number of likely N-dealkylation sites (tertiary alicyclic amines) is 1. The number of amidine groups is 1. The fourth-order valence-corrected chi connectivity index (χ4v) is 6.01. The zero-order chi connectivity index (χ0) is 33.5. The van der Waals surface area contributed by atoms with Gasteiger partial charge in [-0.05, 0) is 61.7 Å². The number of hydrogen-bond acceptors (Lipinski definition) is 7. The van der Waals surface area contributed by atoms with E-state index in [2.05, 4.69) is 21.4 Å². The molecule has 11 nitrogen and oxygen atoms in total. The number of hydrogen-bond donors (Lipinski definition) is 4. The Hall–Kier alpha value is -5.23. The Bertz CT molecular complexity index is 1720. The molecule has 1 atom stereocenters. The van der Waals surface area contributed by atoms with Crippen molar-refractivity contribution in [3.8, 4) is 0 Å². The second kappa shape index (κ2) is 14.9. The SMILES string of the molecule is CCN(C(=O)[C@@H]1CCN(CC(=O)N2CC=C(c3ccc(C(=N)/N=C\NC)cc3)CC2)C1)c1ccc(N)c(C(=N)c2ccncc2F)c1. The van der Waals surface area contributed by atoms with Gasteiger partial charge in [-0.1, -0.05) is 30.3 Å². The van der Waals surface area contributed by atoms with Crippen molar-refractivity contribution >= 4 is 46.6 Å². The standard InChI is InChI=1S/C35H40FN9O2/c1-3-45(27-8-9-31(37)29(18-27)33(38)28-10-14-41-19-30(28)36)35(47)26-11-15-43(20-26)21-32(46)44-16-12-24(13-17-44)23-4-6-25(7-5-23)34(39)42-22-40-2/h4-10,12,14,18-19,22,26,38H,3,11,13,15-17,20-21,37H2,1-2H3,(H2,39,40,42)/t26-/m1/s1. The topological polar surface area (TPSA) is 155 Å². The van der Waals surface area contributed by atoms with E-state index < -0.39 is 5.82 Å². The molecule has 2 aromatic carbocycles. The number of pyridine rings is 1. The third-order valence-electron chi connectivity index (χ3n) is 8.64. The van der Waals surface area contributed by atoms with E-state index in [1.54, 1.807) is 30.1 Å². The van der Waals surface area contributed by atoms with Crippen LogP contribution in [0.5, 0.6) is 0 Å². The number of halogens is 1. The van der Waals surface area contributed by atoms with Gasteiger partial charge in [0.2, 0.25) is 11.8 Å². The Morgan fingerprint density at radius 2 is 1.94 bits per heavy atom. The average Bonchev–Trinajstić information content (AvgIpc) is 3.56. The molecule has 47 heavy (non-hydrogen) atoms. The lowest BCUT2D eigenvalue weighted by Crippen LogP contribution is -2.42. The van der Waals surface area contributed by atoms with E-state index in [1.165, 1.54) is 24.2 Å². The summed E-state index contributed by atoms with van der Waals surface area (Å²) in [5, 5.41) is 19.4. The molecular weight excluding hydrogens is 597 g/mol. The van der Waals surface area contributed by atoms with Crippen molar-refractivity contribution < 1.29 is 14.0 Å². The molecule has 0 bridgehead atoms. The first-order valence-corrected chi connectivity index (χ1v) is 15.7. The highest BCUT2D eigenvalue weighted by Gasteiger charge is 2.33. The van der Waals surface area contributed by atoms with E-state index >= 15 is 0 Å². The van der Waals surface area contributed by atoms with Gasteiger partial charge < -0.3 is 20.9 Å². The quantitative estimate of drug-likeness (QED) is 0.151. The van der Waals surface area contributed by atoms with Gasteiger partial charge in [-0.3, -0.25) is 30.3 Å². The second-order valence-electron chi connectivity index (χ2n) is 11.6. The molecule has 5 N–H and O–H groups in total. The van der Waals surface area contributed by atoms with Crippen molar-refractivity contribution in [2.45, 2.75) is 19.8 Å². The highest BCUT2D eigenvalue weighted by Crippen LogP contribution is 2.28. The van der Waals surface area contributed by atoms with E-state index in [1.807, 2.05) is 41.0 Å². The molecule has 0 radical (unpaired) electrons. The van der Waals surface area contributed by atoms with Gasteiger partial charge in [0.05, 0.1) is 30.7 Å². The van der Waals surface area contributed by atoms with Gasteiger partial charge in [0.1, 0.15) is 0 Å². The summed E-state index contributed by atoms with van der Waals surface area (Å²) in [6.07, 6.45) is 7.41. The number of aliphatic imine (C=N–C) groups is 1. The van der Waals surface area contributed by atoms with Crippen LogP contribution in [0.4, 0.5) is 15.8 Å². The molecule has 2 aliphatic heterocycles. The van der Waals surface area contributed by atoms with Gasteiger partial charge in [0.25, 0.3) is 0 Å². The number of nitrogens with one attached hydrogen (secondary N) is 3. The molecule has 1 fully saturated rings. The minimum absolute atomic E-state index is 0.0389. The van der Waals surface area contributed by atoms with Crippen molar-refractivity contribution in [2.75, 3.05) is 56.9 Å². The normalized spacial score (nSPS) is 16.6. The average molecular weight is 638 g/mol. The van der Waals surface area contributed by atoms with E-state index in [0.29, 0.717) is 56.1 Å².